The van der Waals surface area contributed by atoms with Crippen LogP contribution in [0.2, 0.25) is 0 Å². The Morgan fingerprint density at radius 1 is 1.26 bits per heavy atom. The summed E-state index contributed by atoms with van der Waals surface area (Å²) in [5.74, 6) is 0.583. The highest BCUT2D eigenvalue weighted by Gasteiger charge is 2.33. The second-order valence-electron chi connectivity index (χ2n) is 10.6. The Balaban J connectivity index is 1.26. The molecule has 1 aromatic carbocycles. The number of benzene rings is 1. The first-order valence-electron chi connectivity index (χ1n) is 13.5. The molecule has 0 saturated carbocycles. The lowest BCUT2D eigenvalue weighted by molar-refractivity contribution is 0.0731. The van der Waals surface area contributed by atoms with Crippen LogP contribution in [0.1, 0.15) is 53.1 Å². The Morgan fingerprint density at radius 3 is 2.92 bits per heavy atom. The average Bonchev–Trinajstić information content (AvgIpc) is 3.66. The van der Waals surface area contributed by atoms with E-state index in [1.807, 2.05) is 23.1 Å². The summed E-state index contributed by atoms with van der Waals surface area (Å²) in [6.07, 6.45) is 4.88. The second-order valence-corrected chi connectivity index (χ2v) is 11.6. The van der Waals surface area contributed by atoms with Crippen molar-refractivity contribution in [2.24, 2.45) is 0 Å². The Morgan fingerprint density at radius 2 is 2.13 bits per heavy atom. The van der Waals surface area contributed by atoms with Gasteiger partial charge < -0.3 is 20.2 Å². The molecule has 2 atom stereocenters. The lowest BCUT2D eigenvalue weighted by atomic mass is 10.1. The normalized spacial score (nSPS) is 18.4. The van der Waals surface area contributed by atoms with Crippen LogP contribution in [0.5, 0.6) is 0 Å². The number of rotatable bonds is 8. The Kier molecular flexibility index (Phi) is 6.57. The summed E-state index contributed by atoms with van der Waals surface area (Å²) in [6.45, 7) is 9.96. The molecule has 2 aliphatic rings. The number of nitrogens with one attached hydrogen (secondary N) is 3. The molecule has 38 heavy (non-hydrogen) atoms. The van der Waals surface area contributed by atoms with Crippen LogP contribution in [-0.4, -0.2) is 62.4 Å². The third-order valence-electron chi connectivity index (χ3n) is 7.98. The zero-order valence-electron chi connectivity index (χ0n) is 22.1. The van der Waals surface area contributed by atoms with E-state index in [0.717, 1.165) is 60.3 Å². The number of imidazole rings is 1. The second kappa shape index (κ2) is 10.0. The number of anilines is 1. The molecule has 4 aromatic rings. The monoisotopic (exact) mass is 530 g/mol. The van der Waals surface area contributed by atoms with Crippen LogP contribution < -0.4 is 10.9 Å². The summed E-state index contributed by atoms with van der Waals surface area (Å²) in [5, 5.41) is 5.63. The molecule has 9 heteroatoms. The molecule has 5 heterocycles. The van der Waals surface area contributed by atoms with E-state index in [0.29, 0.717) is 24.0 Å². The highest BCUT2D eigenvalue weighted by Crippen LogP contribution is 2.31. The molecular formula is C29H34N6O2S. The Labute approximate surface area is 226 Å². The zero-order valence-corrected chi connectivity index (χ0v) is 23.0. The molecule has 8 nitrogen and oxygen atoms in total. The quantitative estimate of drug-likeness (QED) is 0.305. The van der Waals surface area contributed by atoms with Gasteiger partial charge in [0.1, 0.15) is 11.4 Å². The van der Waals surface area contributed by atoms with Gasteiger partial charge in [-0.15, -0.1) is 11.3 Å². The number of carbonyl (C=O) groups excluding carboxylic acids is 1. The maximum Gasteiger partial charge on any atom is 0.261 e. The minimum absolute atomic E-state index is 0.0820. The van der Waals surface area contributed by atoms with E-state index in [9.17, 15) is 9.59 Å². The maximum absolute atomic E-state index is 13.3. The molecule has 1 fully saturated rings. The number of likely N-dealkylation sites (N-methyl/N-ethyl adjacent to an activating group) is 1. The number of amides is 1. The first-order valence-corrected chi connectivity index (χ1v) is 14.4. The fourth-order valence-electron chi connectivity index (χ4n) is 5.96. The Bertz CT molecular complexity index is 1550. The number of pyridine rings is 1. The van der Waals surface area contributed by atoms with E-state index >= 15 is 0 Å². The van der Waals surface area contributed by atoms with Crippen LogP contribution in [0.3, 0.4) is 0 Å². The van der Waals surface area contributed by atoms with Crippen molar-refractivity contribution in [1.29, 1.82) is 0 Å². The summed E-state index contributed by atoms with van der Waals surface area (Å²) >= 11 is 1.76. The van der Waals surface area contributed by atoms with E-state index in [1.165, 1.54) is 16.9 Å². The number of H-pyrrole nitrogens is 2. The predicted octanol–water partition coefficient (Wildman–Crippen LogP) is 4.77. The van der Waals surface area contributed by atoms with Gasteiger partial charge in [-0.25, -0.2) is 4.98 Å². The minimum atomic E-state index is -0.208. The third-order valence-corrected chi connectivity index (χ3v) is 9.03. The van der Waals surface area contributed by atoms with Crippen molar-refractivity contribution in [3.8, 4) is 11.4 Å². The van der Waals surface area contributed by atoms with Crippen LogP contribution in [0.4, 0.5) is 5.69 Å². The predicted molar refractivity (Wildman–Crippen MR) is 153 cm³/mol. The molecule has 0 spiro atoms. The number of hydrogen-bond acceptors (Lipinski definition) is 6. The average molecular weight is 531 g/mol. The zero-order chi connectivity index (χ0) is 26.4. The number of thiophene rings is 1. The summed E-state index contributed by atoms with van der Waals surface area (Å²) < 4.78 is 0. The number of aryl methyl sites for hydroxylation is 1. The van der Waals surface area contributed by atoms with Gasteiger partial charge in [0.15, 0.2) is 0 Å². The fourth-order valence-corrected chi connectivity index (χ4v) is 6.99. The molecule has 0 bridgehead atoms. The number of aromatic nitrogens is 3. The van der Waals surface area contributed by atoms with Gasteiger partial charge in [-0.2, -0.15) is 0 Å². The maximum atomic E-state index is 13.3. The van der Waals surface area contributed by atoms with Gasteiger partial charge in [0.2, 0.25) is 0 Å². The van der Waals surface area contributed by atoms with Gasteiger partial charge in [-0.05, 0) is 80.6 Å². The fraction of sp³-hybridized carbons (Fsp3) is 0.414. The van der Waals surface area contributed by atoms with Crippen molar-refractivity contribution in [3.05, 3.63) is 67.8 Å². The topological polar surface area (TPSA) is 97.1 Å². The molecule has 0 aliphatic carbocycles. The largest absolute Gasteiger partial charge is 0.381 e. The van der Waals surface area contributed by atoms with Gasteiger partial charge in [-0.1, -0.05) is 6.92 Å². The third kappa shape index (κ3) is 4.54. The summed E-state index contributed by atoms with van der Waals surface area (Å²) in [4.78, 5) is 43.0. The molecule has 0 unspecified atom stereocenters. The van der Waals surface area contributed by atoms with Crippen LogP contribution in [0.15, 0.2) is 40.6 Å². The smallest absolute Gasteiger partial charge is 0.261 e. The summed E-state index contributed by atoms with van der Waals surface area (Å²) in [5.41, 5.74) is 5.56. The van der Waals surface area contributed by atoms with Gasteiger partial charge in [0.05, 0.1) is 16.7 Å². The van der Waals surface area contributed by atoms with Crippen molar-refractivity contribution in [2.45, 2.75) is 58.7 Å². The molecule has 2 aliphatic heterocycles. The van der Waals surface area contributed by atoms with E-state index in [4.69, 9.17) is 4.98 Å². The van der Waals surface area contributed by atoms with Crippen LogP contribution in [0, 0.1) is 6.92 Å². The molecule has 0 radical (unpaired) electrons. The van der Waals surface area contributed by atoms with E-state index in [1.54, 1.807) is 17.5 Å². The van der Waals surface area contributed by atoms with E-state index < -0.39 is 0 Å². The number of aromatic amines is 2. The lowest BCUT2D eigenvalue weighted by Crippen LogP contribution is -2.40. The Hall–Kier alpha value is -3.43. The van der Waals surface area contributed by atoms with Gasteiger partial charge in [0.25, 0.3) is 11.5 Å². The number of hydrogen-bond donors (Lipinski definition) is 3. The molecule has 198 valence electrons. The first kappa shape index (κ1) is 24.9. The van der Waals surface area contributed by atoms with Crippen LogP contribution >= 0.6 is 11.3 Å². The highest BCUT2D eigenvalue weighted by atomic mass is 32.1. The molecule has 1 amide bonds. The van der Waals surface area contributed by atoms with Crippen molar-refractivity contribution in [3.63, 3.8) is 0 Å². The highest BCUT2D eigenvalue weighted by molar-refractivity contribution is 7.10. The SMILES string of the molecule is CCN1CCC[C@H]1CN1Cc2cc3nc(-c4c(N[C@@H](C)Cc5sccc5C)cc[nH]c4=O)[nH]c3cc2C1=O. The van der Waals surface area contributed by atoms with Crippen molar-refractivity contribution in [1.82, 2.24) is 24.8 Å². The number of carbonyl (C=O) groups is 1. The van der Waals surface area contributed by atoms with E-state index in [2.05, 4.69) is 52.4 Å². The van der Waals surface area contributed by atoms with Crippen molar-refractivity contribution in [2.75, 3.05) is 25.0 Å². The van der Waals surface area contributed by atoms with Crippen molar-refractivity contribution < 1.29 is 4.79 Å². The van der Waals surface area contributed by atoms with Crippen LogP contribution in [0.25, 0.3) is 22.4 Å². The molecule has 6 rings (SSSR count). The minimum Gasteiger partial charge on any atom is -0.381 e. The number of fused-ring (bicyclic) bond motifs is 2. The molecule has 3 aromatic heterocycles. The van der Waals surface area contributed by atoms with E-state index in [-0.39, 0.29) is 17.5 Å². The van der Waals surface area contributed by atoms with Crippen LogP contribution in [-0.2, 0) is 13.0 Å². The summed E-state index contributed by atoms with van der Waals surface area (Å²) in [6, 6.07) is 8.49. The number of nitrogens with zero attached hydrogens (tertiary/aromatic N) is 3. The molecule has 1 saturated heterocycles. The molecular weight excluding hydrogens is 496 g/mol. The standard InChI is InChI=1S/C29H34N6O2S/c1-4-34-10-5-6-20(34)16-35-15-19-13-23-24(14-21(19)29(35)37)33-27(32-23)26-22(7-9-30-28(26)36)31-18(3)12-25-17(2)8-11-38-25/h7-9,11,13-14,18,20H,4-6,10,12,15-16H2,1-3H3,(H,32,33)(H2,30,31,36)/t18-,20-/m0/s1. The van der Waals surface area contributed by atoms with Gasteiger partial charge in [-0.3, -0.25) is 14.5 Å². The number of likely N-dealkylation sites (tertiary alicyclic amines) is 1. The van der Waals surface area contributed by atoms with Gasteiger partial charge >= 0.3 is 0 Å². The van der Waals surface area contributed by atoms with Gasteiger partial charge in [0, 0.05) is 48.2 Å². The molecule has 3 N–H and O–H groups in total. The van der Waals surface area contributed by atoms with Crippen molar-refractivity contribution >= 4 is 34.0 Å². The first-order chi connectivity index (χ1) is 18.4. The lowest BCUT2D eigenvalue weighted by Gasteiger charge is -2.27. The summed E-state index contributed by atoms with van der Waals surface area (Å²) in [7, 11) is 0.